The highest BCUT2D eigenvalue weighted by Crippen LogP contribution is 2.16. The van der Waals surface area contributed by atoms with E-state index in [4.69, 9.17) is 0 Å². The van der Waals surface area contributed by atoms with Crippen molar-refractivity contribution < 1.29 is 4.79 Å². The standard InChI is InChI=1S/C18H26N4O/c1-6-22-15(4)16(10-19-22)11-21(5)12-18(23)20-17-8-7-13(2)9-14(17)3/h7-10H,6,11-12H2,1-5H3,(H,20,23). The van der Waals surface area contributed by atoms with E-state index in [1.165, 1.54) is 5.56 Å². The van der Waals surface area contributed by atoms with Gasteiger partial charge in [0.15, 0.2) is 0 Å². The maximum atomic E-state index is 12.2. The maximum Gasteiger partial charge on any atom is 0.238 e. The Morgan fingerprint density at radius 3 is 2.65 bits per heavy atom. The lowest BCUT2D eigenvalue weighted by Crippen LogP contribution is -2.30. The Hall–Kier alpha value is -2.14. The van der Waals surface area contributed by atoms with E-state index >= 15 is 0 Å². The minimum Gasteiger partial charge on any atom is -0.325 e. The summed E-state index contributed by atoms with van der Waals surface area (Å²) in [6.07, 6.45) is 1.89. The summed E-state index contributed by atoms with van der Waals surface area (Å²) < 4.78 is 1.97. The molecule has 0 aliphatic rings. The summed E-state index contributed by atoms with van der Waals surface area (Å²) in [7, 11) is 1.95. The number of benzene rings is 1. The molecule has 5 heteroatoms. The van der Waals surface area contributed by atoms with Gasteiger partial charge < -0.3 is 5.32 Å². The van der Waals surface area contributed by atoms with E-state index in [1.807, 2.05) is 48.8 Å². The van der Waals surface area contributed by atoms with Crippen LogP contribution in [0.25, 0.3) is 0 Å². The number of hydrogen-bond donors (Lipinski definition) is 1. The third-order valence-electron chi connectivity index (χ3n) is 4.01. The van der Waals surface area contributed by atoms with Gasteiger partial charge in [0.25, 0.3) is 0 Å². The Morgan fingerprint density at radius 1 is 1.30 bits per heavy atom. The van der Waals surface area contributed by atoms with Crippen LogP contribution in [0.5, 0.6) is 0 Å². The fraction of sp³-hybridized carbons (Fsp3) is 0.444. The van der Waals surface area contributed by atoms with Gasteiger partial charge in [0, 0.05) is 30.0 Å². The third kappa shape index (κ3) is 4.42. The Morgan fingerprint density at radius 2 is 2.04 bits per heavy atom. The summed E-state index contributed by atoms with van der Waals surface area (Å²) in [6.45, 7) is 10.1. The van der Waals surface area contributed by atoms with Crippen molar-refractivity contribution in [1.82, 2.24) is 14.7 Å². The smallest absolute Gasteiger partial charge is 0.238 e. The molecular formula is C18H26N4O. The Kier molecular flexibility index (Phi) is 5.55. The van der Waals surface area contributed by atoms with Gasteiger partial charge in [0.2, 0.25) is 5.91 Å². The first-order valence-corrected chi connectivity index (χ1v) is 7.97. The highest BCUT2D eigenvalue weighted by atomic mass is 16.2. The Bertz CT molecular complexity index is 690. The average molecular weight is 314 g/mol. The molecule has 0 saturated heterocycles. The topological polar surface area (TPSA) is 50.2 Å². The van der Waals surface area contributed by atoms with Gasteiger partial charge in [-0.15, -0.1) is 0 Å². The van der Waals surface area contributed by atoms with Crippen LogP contribution in [0, 0.1) is 20.8 Å². The second kappa shape index (κ2) is 7.42. The van der Waals surface area contributed by atoms with Crippen LogP contribution < -0.4 is 5.32 Å². The largest absolute Gasteiger partial charge is 0.325 e. The molecule has 5 nitrogen and oxygen atoms in total. The van der Waals surface area contributed by atoms with Gasteiger partial charge in [0.1, 0.15) is 0 Å². The fourth-order valence-electron chi connectivity index (χ4n) is 2.69. The molecule has 1 N–H and O–H groups in total. The van der Waals surface area contributed by atoms with Crippen molar-refractivity contribution in [2.24, 2.45) is 0 Å². The number of amides is 1. The van der Waals surface area contributed by atoms with E-state index in [0.29, 0.717) is 13.1 Å². The number of anilines is 1. The van der Waals surface area contributed by atoms with Crippen molar-refractivity contribution in [2.75, 3.05) is 18.9 Å². The Labute approximate surface area is 138 Å². The summed E-state index contributed by atoms with van der Waals surface area (Å²) in [5.41, 5.74) is 5.48. The Balaban J connectivity index is 1.92. The van der Waals surface area contributed by atoms with E-state index in [1.54, 1.807) is 0 Å². The summed E-state index contributed by atoms with van der Waals surface area (Å²) in [4.78, 5) is 14.2. The van der Waals surface area contributed by atoms with Crippen molar-refractivity contribution in [2.45, 2.75) is 40.8 Å². The maximum absolute atomic E-state index is 12.2. The van der Waals surface area contributed by atoms with Crippen molar-refractivity contribution in [3.05, 3.63) is 46.8 Å². The minimum absolute atomic E-state index is 0.00000974. The van der Waals surface area contributed by atoms with Gasteiger partial charge in [0.05, 0.1) is 12.7 Å². The number of likely N-dealkylation sites (N-methyl/N-ethyl adjacent to an activating group) is 1. The number of hydrogen-bond acceptors (Lipinski definition) is 3. The minimum atomic E-state index is -0.00000974. The van der Waals surface area contributed by atoms with Crippen LogP contribution in [0.2, 0.25) is 0 Å². The number of carbonyl (C=O) groups is 1. The molecule has 1 aromatic carbocycles. The van der Waals surface area contributed by atoms with E-state index in [0.717, 1.165) is 29.1 Å². The normalized spacial score (nSPS) is 11.0. The molecule has 0 bridgehead atoms. The first-order valence-electron chi connectivity index (χ1n) is 7.97. The summed E-state index contributed by atoms with van der Waals surface area (Å²) >= 11 is 0. The molecule has 23 heavy (non-hydrogen) atoms. The number of carbonyl (C=O) groups excluding carboxylic acids is 1. The summed E-state index contributed by atoms with van der Waals surface area (Å²) in [6, 6.07) is 6.04. The zero-order valence-corrected chi connectivity index (χ0v) is 14.7. The van der Waals surface area contributed by atoms with E-state index < -0.39 is 0 Å². The average Bonchev–Trinajstić information content (AvgIpc) is 2.82. The highest BCUT2D eigenvalue weighted by Gasteiger charge is 2.12. The lowest BCUT2D eigenvalue weighted by Gasteiger charge is -2.17. The van der Waals surface area contributed by atoms with Gasteiger partial charge in [-0.2, -0.15) is 5.10 Å². The highest BCUT2D eigenvalue weighted by molar-refractivity contribution is 5.92. The van der Waals surface area contributed by atoms with Crippen molar-refractivity contribution >= 4 is 11.6 Å². The molecule has 0 saturated carbocycles. The second-order valence-corrected chi connectivity index (χ2v) is 6.11. The third-order valence-corrected chi connectivity index (χ3v) is 4.01. The van der Waals surface area contributed by atoms with E-state index in [-0.39, 0.29) is 5.91 Å². The fourth-order valence-corrected chi connectivity index (χ4v) is 2.69. The quantitative estimate of drug-likeness (QED) is 0.892. The van der Waals surface area contributed by atoms with Crippen LogP contribution in [0.3, 0.4) is 0 Å². The van der Waals surface area contributed by atoms with Gasteiger partial charge in [-0.1, -0.05) is 17.7 Å². The molecule has 0 spiro atoms. The second-order valence-electron chi connectivity index (χ2n) is 6.11. The molecule has 0 fully saturated rings. The van der Waals surface area contributed by atoms with Crippen LogP contribution in [0.1, 0.15) is 29.3 Å². The van der Waals surface area contributed by atoms with Gasteiger partial charge in [-0.25, -0.2) is 0 Å². The van der Waals surface area contributed by atoms with Crippen LogP contribution in [0.15, 0.2) is 24.4 Å². The SMILES string of the molecule is CCn1ncc(CN(C)CC(=O)Nc2ccc(C)cc2C)c1C. The molecule has 0 aliphatic carbocycles. The first-order chi connectivity index (χ1) is 10.9. The zero-order chi connectivity index (χ0) is 17.0. The molecular weight excluding hydrogens is 288 g/mol. The number of nitrogens with one attached hydrogen (secondary N) is 1. The predicted octanol–water partition coefficient (Wildman–Crippen LogP) is 2.90. The van der Waals surface area contributed by atoms with E-state index in [2.05, 4.69) is 30.3 Å². The first kappa shape index (κ1) is 17.2. The predicted molar refractivity (Wildman–Crippen MR) is 93.5 cm³/mol. The molecule has 124 valence electrons. The molecule has 0 unspecified atom stereocenters. The van der Waals surface area contributed by atoms with Crippen LogP contribution in [0.4, 0.5) is 5.69 Å². The van der Waals surface area contributed by atoms with Gasteiger partial charge in [-0.3, -0.25) is 14.4 Å². The van der Waals surface area contributed by atoms with Crippen molar-refractivity contribution in [1.29, 1.82) is 0 Å². The van der Waals surface area contributed by atoms with Crippen LogP contribution >= 0.6 is 0 Å². The van der Waals surface area contributed by atoms with Gasteiger partial charge >= 0.3 is 0 Å². The molecule has 2 rings (SSSR count). The molecule has 1 heterocycles. The van der Waals surface area contributed by atoms with Crippen LogP contribution in [-0.4, -0.2) is 34.2 Å². The molecule has 0 atom stereocenters. The molecule has 0 radical (unpaired) electrons. The lowest BCUT2D eigenvalue weighted by molar-refractivity contribution is -0.117. The van der Waals surface area contributed by atoms with Crippen molar-refractivity contribution in [3.8, 4) is 0 Å². The molecule has 2 aromatic rings. The summed E-state index contributed by atoms with van der Waals surface area (Å²) in [5, 5.41) is 7.33. The molecule has 1 amide bonds. The van der Waals surface area contributed by atoms with E-state index in [9.17, 15) is 4.79 Å². The molecule has 0 aliphatic heterocycles. The molecule has 1 aromatic heterocycles. The number of rotatable bonds is 6. The zero-order valence-electron chi connectivity index (χ0n) is 14.7. The number of aromatic nitrogens is 2. The monoisotopic (exact) mass is 314 g/mol. The number of aryl methyl sites for hydroxylation is 3. The van der Waals surface area contributed by atoms with Gasteiger partial charge in [-0.05, 0) is 46.4 Å². The lowest BCUT2D eigenvalue weighted by atomic mass is 10.1. The van der Waals surface area contributed by atoms with Crippen molar-refractivity contribution in [3.63, 3.8) is 0 Å². The van der Waals surface area contributed by atoms with Crippen LogP contribution in [-0.2, 0) is 17.9 Å². The number of nitrogens with zero attached hydrogens (tertiary/aromatic N) is 3. The summed E-state index contributed by atoms with van der Waals surface area (Å²) in [5.74, 6) is -0.00000974.